The van der Waals surface area contributed by atoms with Gasteiger partial charge >= 0.3 is 6.18 Å². The molecule has 0 aromatic carbocycles. The van der Waals surface area contributed by atoms with Gasteiger partial charge in [-0.25, -0.2) is 9.97 Å². The van der Waals surface area contributed by atoms with E-state index in [2.05, 4.69) is 15.3 Å². The van der Waals surface area contributed by atoms with Crippen LogP contribution in [-0.2, 0) is 6.18 Å². The summed E-state index contributed by atoms with van der Waals surface area (Å²) in [6, 6.07) is 1.21. The van der Waals surface area contributed by atoms with Crippen LogP contribution in [0, 0.1) is 0 Å². The molecule has 0 saturated heterocycles. The molecule has 2 N–H and O–H groups in total. The molecule has 4 nitrogen and oxygen atoms in total. The zero-order chi connectivity index (χ0) is 14.8. The van der Waals surface area contributed by atoms with E-state index in [4.69, 9.17) is 11.6 Å². The van der Waals surface area contributed by atoms with Crippen molar-refractivity contribution in [3.63, 3.8) is 0 Å². The fourth-order valence-corrected chi connectivity index (χ4v) is 2.46. The van der Waals surface area contributed by atoms with Gasteiger partial charge in [-0.3, -0.25) is 0 Å². The van der Waals surface area contributed by atoms with Crippen LogP contribution in [0.5, 0.6) is 0 Å². The Kier molecular flexibility index (Phi) is 4.39. The van der Waals surface area contributed by atoms with Crippen LogP contribution in [-0.4, -0.2) is 27.2 Å². The molecule has 1 heterocycles. The van der Waals surface area contributed by atoms with E-state index < -0.39 is 17.6 Å². The summed E-state index contributed by atoms with van der Waals surface area (Å²) in [6.07, 6.45) is -0.494. The monoisotopic (exact) mass is 309 g/mol. The predicted octanol–water partition coefficient (Wildman–Crippen LogP) is 3.26. The SMILES string of the molecule is OC1(CNc2cc(Cl)nc(C(F)(F)F)n2)CCCCC1. The maximum absolute atomic E-state index is 12.6. The highest BCUT2D eigenvalue weighted by Crippen LogP contribution is 2.30. The summed E-state index contributed by atoms with van der Waals surface area (Å²) in [5.41, 5.74) is -0.895. The zero-order valence-electron chi connectivity index (χ0n) is 10.7. The predicted molar refractivity (Wildman–Crippen MR) is 68.6 cm³/mol. The fourth-order valence-electron chi connectivity index (χ4n) is 2.28. The second-order valence-corrected chi connectivity index (χ2v) is 5.42. The van der Waals surface area contributed by atoms with Gasteiger partial charge in [0.2, 0.25) is 5.82 Å². The van der Waals surface area contributed by atoms with Gasteiger partial charge < -0.3 is 10.4 Å². The van der Waals surface area contributed by atoms with E-state index in [1.165, 1.54) is 6.07 Å². The van der Waals surface area contributed by atoms with Crippen molar-refractivity contribution in [3.8, 4) is 0 Å². The normalized spacial score (nSPS) is 18.9. The van der Waals surface area contributed by atoms with Gasteiger partial charge in [0.25, 0.3) is 0 Å². The number of halogens is 4. The molecule has 8 heteroatoms. The van der Waals surface area contributed by atoms with Gasteiger partial charge in [0, 0.05) is 12.6 Å². The van der Waals surface area contributed by atoms with Gasteiger partial charge in [0.1, 0.15) is 11.0 Å². The van der Waals surface area contributed by atoms with E-state index in [0.29, 0.717) is 12.8 Å². The minimum absolute atomic E-state index is 0.0312. The van der Waals surface area contributed by atoms with Crippen molar-refractivity contribution in [1.29, 1.82) is 0 Å². The molecule has 0 unspecified atom stereocenters. The minimum atomic E-state index is -4.65. The molecule has 20 heavy (non-hydrogen) atoms. The van der Waals surface area contributed by atoms with Crippen LogP contribution in [0.1, 0.15) is 37.9 Å². The molecule has 0 radical (unpaired) electrons. The Morgan fingerprint density at radius 1 is 1.25 bits per heavy atom. The summed E-state index contributed by atoms with van der Waals surface area (Å²) in [7, 11) is 0. The minimum Gasteiger partial charge on any atom is -0.388 e. The Morgan fingerprint density at radius 3 is 2.50 bits per heavy atom. The molecular formula is C12H15ClF3N3O. The number of hydrogen-bond acceptors (Lipinski definition) is 4. The molecule has 1 aliphatic rings. The average Bonchev–Trinajstić information content (AvgIpc) is 2.36. The van der Waals surface area contributed by atoms with E-state index in [0.717, 1.165) is 19.3 Å². The van der Waals surface area contributed by atoms with Gasteiger partial charge in [-0.1, -0.05) is 30.9 Å². The van der Waals surface area contributed by atoms with Crippen LogP contribution in [0.4, 0.5) is 19.0 Å². The second-order valence-electron chi connectivity index (χ2n) is 5.04. The molecular weight excluding hydrogens is 295 g/mol. The van der Waals surface area contributed by atoms with Crippen molar-refractivity contribution in [3.05, 3.63) is 17.0 Å². The summed E-state index contributed by atoms with van der Waals surface area (Å²) >= 11 is 5.56. The largest absolute Gasteiger partial charge is 0.451 e. The zero-order valence-corrected chi connectivity index (χ0v) is 11.4. The van der Waals surface area contributed by atoms with Crippen LogP contribution >= 0.6 is 11.6 Å². The van der Waals surface area contributed by atoms with Crippen molar-refractivity contribution in [1.82, 2.24) is 9.97 Å². The highest BCUT2D eigenvalue weighted by molar-refractivity contribution is 6.29. The number of alkyl halides is 3. The van der Waals surface area contributed by atoms with Gasteiger partial charge in [0.15, 0.2) is 0 Å². The van der Waals surface area contributed by atoms with Crippen molar-refractivity contribution in [2.45, 2.75) is 43.9 Å². The first-order chi connectivity index (χ1) is 9.28. The summed E-state index contributed by atoms with van der Waals surface area (Å²) in [4.78, 5) is 6.52. The van der Waals surface area contributed by atoms with E-state index in [-0.39, 0.29) is 17.5 Å². The first-order valence-electron chi connectivity index (χ1n) is 6.37. The van der Waals surface area contributed by atoms with Crippen molar-refractivity contribution < 1.29 is 18.3 Å². The second kappa shape index (κ2) is 5.73. The highest BCUT2D eigenvalue weighted by atomic mass is 35.5. The molecule has 1 aromatic rings. The first kappa shape index (κ1) is 15.3. The highest BCUT2D eigenvalue weighted by Gasteiger charge is 2.35. The molecule has 112 valence electrons. The third-order valence-electron chi connectivity index (χ3n) is 3.33. The Morgan fingerprint density at radius 2 is 1.90 bits per heavy atom. The average molecular weight is 310 g/mol. The van der Waals surface area contributed by atoms with Gasteiger partial charge in [-0.15, -0.1) is 0 Å². The third kappa shape index (κ3) is 3.96. The first-order valence-corrected chi connectivity index (χ1v) is 6.74. The van der Waals surface area contributed by atoms with Gasteiger partial charge in [-0.2, -0.15) is 13.2 Å². The molecule has 1 aromatic heterocycles. The van der Waals surface area contributed by atoms with Crippen LogP contribution < -0.4 is 5.32 Å². The van der Waals surface area contributed by atoms with Crippen molar-refractivity contribution >= 4 is 17.4 Å². The lowest BCUT2D eigenvalue weighted by Gasteiger charge is -2.32. The fraction of sp³-hybridized carbons (Fsp3) is 0.667. The van der Waals surface area contributed by atoms with Crippen LogP contribution in [0.25, 0.3) is 0 Å². The van der Waals surface area contributed by atoms with Crippen LogP contribution in [0.2, 0.25) is 5.15 Å². The number of nitrogens with one attached hydrogen (secondary N) is 1. The summed E-state index contributed by atoms with van der Waals surface area (Å²) in [6.45, 7) is 0.150. The molecule has 0 amide bonds. The van der Waals surface area contributed by atoms with Gasteiger partial charge in [0.05, 0.1) is 5.60 Å². The summed E-state index contributed by atoms with van der Waals surface area (Å²) in [5.74, 6) is -1.32. The standard InChI is InChI=1S/C12H15ClF3N3O/c13-8-6-9(19-10(18-8)12(14,15)16)17-7-11(20)4-2-1-3-5-11/h6,20H,1-5,7H2,(H,17,18,19). The maximum atomic E-state index is 12.6. The molecule has 1 aliphatic carbocycles. The Labute approximate surface area is 119 Å². The smallest absolute Gasteiger partial charge is 0.388 e. The van der Waals surface area contributed by atoms with E-state index in [1.807, 2.05) is 0 Å². The summed E-state index contributed by atoms with van der Waals surface area (Å²) < 4.78 is 37.7. The number of rotatable bonds is 3. The lowest BCUT2D eigenvalue weighted by molar-refractivity contribution is -0.144. The third-order valence-corrected chi connectivity index (χ3v) is 3.52. The van der Waals surface area contributed by atoms with Crippen LogP contribution in [0.15, 0.2) is 6.07 Å². The lowest BCUT2D eigenvalue weighted by Crippen LogP contribution is -2.39. The molecule has 1 fully saturated rings. The molecule has 1 saturated carbocycles. The Balaban J connectivity index is 2.07. The lowest BCUT2D eigenvalue weighted by atomic mass is 9.85. The van der Waals surface area contributed by atoms with E-state index in [9.17, 15) is 18.3 Å². The number of aromatic nitrogens is 2. The molecule has 0 spiro atoms. The quantitative estimate of drug-likeness (QED) is 0.842. The molecule has 0 bridgehead atoms. The molecule has 0 atom stereocenters. The molecule has 0 aliphatic heterocycles. The Hall–Kier alpha value is -1.08. The number of aliphatic hydroxyl groups is 1. The topological polar surface area (TPSA) is 58.0 Å². The van der Waals surface area contributed by atoms with Crippen molar-refractivity contribution in [2.24, 2.45) is 0 Å². The number of hydrogen-bond donors (Lipinski definition) is 2. The van der Waals surface area contributed by atoms with Crippen molar-refractivity contribution in [2.75, 3.05) is 11.9 Å². The number of anilines is 1. The van der Waals surface area contributed by atoms with E-state index >= 15 is 0 Å². The summed E-state index contributed by atoms with van der Waals surface area (Å²) in [5, 5.41) is 12.7. The van der Waals surface area contributed by atoms with E-state index in [1.54, 1.807) is 0 Å². The van der Waals surface area contributed by atoms with Crippen LogP contribution in [0.3, 0.4) is 0 Å². The number of nitrogens with zero attached hydrogens (tertiary/aromatic N) is 2. The Bertz CT molecular complexity index is 476. The molecule has 2 rings (SSSR count). The van der Waals surface area contributed by atoms with Gasteiger partial charge in [-0.05, 0) is 12.8 Å². The maximum Gasteiger partial charge on any atom is 0.451 e.